The summed E-state index contributed by atoms with van der Waals surface area (Å²) in [7, 11) is 0. The van der Waals surface area contributed by atoms with E-state index in [4.69, 9.17) is 17.0 Å². The molecule has 1 aromatic heterocycles. The Bertz CT molecular complexity index is 912. The van der Waals surface area contributed by atoms with Crippen LogP contribution in [0.4, 0.5) is 23.0 Å². The molecule has 0 fully saturated rings. The Morgan fingerprint density at radius 2 is 1.67 bits per heavy atom. The number of nitrogens with one attached hydrogen (secondary N) is 4. The molecule has 0 atom stereocenters. The normalized spacial score (nSPS) is 10.1. The molecule has 0 unspecified atom stereocenters. The summed E-state index contributed by atoms with van der Waals surface area (Å²) >= 11 is 5.32. The molecule has 0 aliphatic rings. The van der Waals surface area contributed by atoms with E-state index in [0.717, 1.165) is 11.4 Å². The van der Waals surface area contributed by atoms with Crippen LogP contribution < -0.4 is 16.0 Å². The van der Waals surface area contributed by atoms with Gasteiger partial charge in [-0.05, 0) is 43.4 Å². The zero-order valence-corrected chi connectivity index (χ0v) is 15.5. The number of thiocarbonyl (C=S) groups is 1. The lowest BCUT2D eigenvalue weighted by atomic mass is 10.2. The number of para-hydroxylation sites is 2. The number of ether oxygens (including phenoxy) is 1. The van der Waals surface area contributed by atoms with Crippen molar-refractivity contribution in [3.63, 3.8) is 0 Å². The molecule has 0 amide bonds. The Hall–Kier alpha value is -3.39. The van der Waals surface area contributed by atoms with Crippen LogP contribution in [-0.4, -0.2) is 27.9 Å². The summed E-state index contributed by atoms with van der Waals surface area (Å²) in [4.78, 5) is 12.5. The number of aromatic nitrogens is 2. The molecule has 0 radical (unpaired) electrons. The van der Waals surface area contributed by atoms with Gasteiger partial charge in [-0.25, -0.2) is 4.79 Å². The van der Waals surface area contributed by atoms with E-state index in [0.29, 0.717) is 10.9 Å². The second-order valence-corrected chi connectivity index (χ2v) is 5.89. The summed E-state index contributed by atoms with van der Waals surface area (Å²) in [5, 5.41) is 16.4. The molecule has 0 aliphatic heterocycles. The number of hydrogen-bond donors (Lipinski definition) is 4. The van der Waals surface area contributed by atoms with Crippen LogP contribution in [0.3, 0.4) is 0 Å². The summed E-state index contributed by atoms with van der Waals surface area (Å²) in [6, 6.07) is 18.9. The summed E-state index contributed by atoms with van der Waals surface area (Å²) in [6.45, 7) is 2.00. The van der Waals surface area contributed by atoms with Crippen molar-refractivity contribution in [2.75, 3.05) is 22.6 Å². The van der Waals surface area contributed by atoms with Crippen LogP contribution in [-0.2, 0) is 4.74 Å². The second-order valence-electron chi connectivity index (χ2n) is 5.48. The summed E-state index contributed by atoms with van der Waals surface area (Å²) in [6.07, 6.45) is 0. The van der Waals surface area contributed by atoms with Gasteiger partial charge in [0.15, 0.2) is 10.9 Å². The van der Waals surface area contributed by atoms with E-state index in [1.54, 1.807) is 6.92 Å². The fourth-order valence-electron chi connectivity index (χ4n) is 2.38. The van der Waals surface area contributed by atoms with E-state index in [1.165, 1.54) is 0 Å². The molecule has 27 heavy (non-hydrogen) atoms. The number of carbonyl (C=O) groups is 1. The number of H-pyrrole nitrogens is 1. The summed E-state index contributed by atoms with van der Waals surface area (Å²) in [5.74, 6) is 0.194. The van der Waals surface area contributed by atoms with E-state index in [2.05, 4.69) is 26.1 Å². The van der Waals surface area contributed by atoms with Crippen LogP contribution >= 0.6 is 12.2 Å². The minimum Gasteiger partial charge on any atom is -0.462 e. The van der Waals surface area contributed by atoms with Gasteiger partial charge in [0, 0.05) is 11.4 Å². The predicted molar refractivity (Wildman–Crippen MR) is 111 cm³/mol. The maximum Gasteiger partial charge on any atom is 0.345 e. The number of aromatic amines is 1. The van der Waals surface area contributed by atoms with E-state index in [1.807, 2.05) is 60.7 Å². The van der Waals surface area contributed by atoms with Crippen LogP contribution in [0.1, 0.15) is 17.3 Å². The molecule has 0 spiro atoms. The van der Waals surface area contributed by atoms with E-state index in [9.17, 15) is 4.79 Å². The van der Waals surface area contributed by atoms with Gasteiger partial charge in [0.2, 0.25) is 0 Å². The molecule has 8 heteroatoms. The topological polar surface area (TPSA) is 91.1 Å². The van der Waals surface area contributed by atoms with Gasteiger partial charge in [-0.1, -0.05) is 36.4 Å². The molecule has 0 aliphatic carbocycles. The quantitative estimate of drug-likeness (QED) is 0.377. The SMILES string of the molecule is CCOC(=O)c1c(NC(=S)Nc2ccccc2)n[nH]c1Nc1ccccc1. The van der Waals surface area contributed by atoms with Crippen LogP contribution in [0.5, 0.6) is 0 Å². The zero-order valence-electron chi connectivity index (χ0n) is 14.7. The van der Waals surface area contributed by atoms with Crippen molar-refractivity contribution in [1.29, 1.82) is 0 Å². The molecule has 3 aromatic rings. The Balaban J connectivity index is 1.81. The first-order valence-electron chi connectivity index (χ1n) is 8.38. The van der Waals surface area contributed by atoms with Crippen molar-refractivity contribution in [3.8, 4) is 0 Å². The highest BCUT2D eigenvalue weighted by molar-refractivity contribution is 7.80. The van der Waals surface area contributed by atoms with Crippen molar-refractivity contribution in [2.24, 2.45) is 0 Å². The van der Waals surface area contributed by atoms with Gasteiger partial charge in [0.25, 0.3) is 0 Å². The van der Waals surface area contributed by atoms with E-state index >= 15 is 0 Å². The smallest absolute Gasteiger partial charge is 0.345 e. The average molecular weight is 381 g/mol. The highest BCUT2D eigenvalue weighted by Crippen LogP contribution is 2.25. The first-order chi connectivity index (χ1) is 13.2. The van der Waals surface area contributed by atoms with Crippen LogP contribution in [0.2, 0.25) is 0 Å². The van der Waals surface area contributed by atoms with Gasteiger partial charge < -0.3 is 20.7 Å². The number of hydrogen-bond acceptors (Lipinski definition) is 5. The summed E-state index contributed by atoms with van der Waals surface area (Å²) in [5.41, 5.74) is 1.88. The first-order valence-corrected chi connectivity index (χ1v) is 8.78. The zero-order chi connectivity index (χ0) is 19.1. The number of rotatable bonds is 6. The Morgan fingerprint density at radius 1 is 1.04 bits per heavy atom. The van der Waals surface area contributed by atoms with E-state index in [-0.39, 0.29) is 18.0 Å². The summed E-state index contributed by atoms with van der Waals surface area (Å²) < 4.78 is 5.16. The predicted octanol–water partition coefficient (Wildman–Crippen LogP) is 4.14. The van der Waals surface area contributed by atoms with Gasteiger partial charge in [-0.3, -0.25) is 5.10 Å². The largest absolute Gasteiger partial charge is 0.462 e. The highest BCUT2D eigenvalue weighted by atomic mass is 32.1. The van der Waals surface area contributed by atoms with Gasteiger partial charge in [0.1, 0.15) is 11.4 Å². The Morgan fingerprint density at radius 3 is 2.30 bits per heavy atom. The molecule has 3 rings (SSSR count). The van der Waals surface area contributed by atoms with Crippen molar-refractivity contribution in [2.45, 2.75) is 6.92 Å². The maximum atomic E-state index is 12.5. The van der Waals surface area contributed by atoms with Crippen molar-refractivity contribution in [1.82, 2.24) is 10.2 Å². The standard InChI is InChI=1S/C19H19N5O2S/c1-2-26-18(25)15-16(20-13-9-5-3-6-10-13)23-24-17(15)22-19(27)21-14-11-7-4-8-12-14/h3-12H,2H2,1H3,(H4,20,21,22,23,24,27). The number of nitrogens with zero attached hydrogens (tertiary/aromatic N) is 1. The molecule has 7 nitrogen and oxygen atoms in total. The van der Waals surface area contributed by atoms with Crippen molar-refractivity contribution >= 4 is 46.3 Å². The van der Waals surface area contributed by atoms with Gasteiger partial charge >= 0.3 is 5.97 Å². The van der Waals surface area contributed by atoms with Crippen LogP contribution in [0, 0.1) is 0 Å². The number of anilines is 4. The van der Waals surface area contributed by atoms with Gasteiger partial charge in [0.05, 0.1) is 6.61 Å². The lowest BCUT2D eigenvalue weighted by Crippen LogP contribution is -2.21. The first kappa shape index (κ1) is 18.4. The number of carbonyl (C=O) groups excluding carboxylic acids is 1. The molecule has 0 bridgehead atoms. The monoisotopic (exact) mass is 381 g/mol. The van der Waals surface area contributed by atoms with E-state index < -0.39 is 5.97 Å². The molecule has 4 N–H and O–H groups in total. The fourth-order valence-corrected chi connectivity index (χ4v) is 2.60. The third-order valence-electron chi connectivity index (χ3n) is 3.55. The van der Waals surface area contributed by atoms with Gasteiger partial charge in [-0.15, -0.1) is 0 Å². The Kier molecular flexibility index (Phi) is 6.01. The molecular formula is C19H19N5O2S. The minimum absolute atomic E-state index is 0.248. The van der Waals surface area contributed by atoms with Crippen LogP contribution in [0.25, 0.3) is 0 Å². The molecule has 2 aromatic carbocycles. The van der Waals surface area contributed by atoms with Crippen molar-refractivity contribution in [3.05, 3.63) is 66.2 Å². The molecule has 0 saturated carbocycles. The maximum absolute atomic E-state index is 12.5. The molecule has 0 saturated heterocycles. The molecule has 1 heterocycles. The second kappa shape index (κ2) is 8.81. The molecular weight excluding hydrogens is 362 g/mol. The molecule has 138 valence electrons. The average Bonchev–Trinajstić information content (AvgIpc) is 3.05. The third kappa shape index (κ3) is 4.83. The van der Waals surface area contributed by atoms with Crippen LogP contribution in [0.15, 0.2) is 60.7 Å². The lowest BCUT2D eigenvalue weighted by molar-refractivity contribution is 0.0529. The Labute approximate surface area is 162 Å². The number of benzene rings is 2. The minimum atomic E-state index is -0.505. The number of esters is 1. The van der Waals surface area contributed by atoms with Gasteiger partial charge in [-0.2, -0.15) is 5.10 Å². The highest BCUT2D eigenvalue weighted by Gasteiger charge is 2.23. The lowest BCUT2D eigenvalue weighted by Gasteiger charge is -2.11. The fraction of sp³-hybridized carbons (Fsp3) is 0.105. The third-order valence-corrected chi connectivity index (χ3v) is 3.76. The van der Waals surface area contributed by atoms with Crippen molar-refractivity contribution < 1.29 is 9.53 Å².